The number of anilines is 2. The Morgan fingerprint density at radius 3 is 2.15 bits per heavy atom. The molecule has 0 saturated carbocycles. The first kappa shape index (κ1) is 25.4. The van der Waals surface area contributed by atoms with Crippen molar-refractivity contribution < 1.29 is 29.4 Å². The zero-order valence-corrected chi connectivity index (χ0v) is 19.2. The van der Waals surface area contributed by atoms with E-state index in [9.17, 15) is 19.2 Å². The van der Waals surface area contributed by atoms with Crippen molar-refractivity contribution in [1.29, 1.82) is 0 Å². The van der Waals surface area contributed by atoms with E-state index >= 15 is 0 Å². The molecule has 0 spiro atoms. The minimum Gasteiger partial charge on any atom is -0.465 e. The van der Waals surface area contributed by atoms with E-state index in [2.05, 4.69) is 15.6 Å². The number of carboxylic acid groups (broad SMARTS) is 2. The fraction of sp³-hybridized carbons (Fsp3) is 0.350. The van der Waals surface area contributed by atoms with Gasteiger partial charge in [-0.1, -0.05) is 23.5 Å². The van der Waals surface area contributed by atoms with Gasteiger partial charge in [-0.2, -0.15) is 0 Å². The van der Waals surface area contributed by atoms with Gasteiger partial charge in [0.25, 0.3) is 0 Å². The molecule has 0 atom stereocenters. The van der Waals surface area contributed by atoms with Crippen LogP contribution in [0, 0.1) is 0 Å². The van der Waals surface area contributed by atoms with Gasteiger partial charge in [0.2, 0.25) is 11.8 Å². The van der Waals surface area contributed by atoms with Crippen molar-refractivity contribution in [3.8, 4) is 0 Å². The first-order chi connectivity index (χ1) is 15.5. The number of rotatable bonds is 10. The fourth-order valence-corrected chi connectivity index (χ4v) is 3.89. The number of carbonyl (C=O) groups excluding carboxylic acids is 2. The quantitative estimate of drug-likeness (QED) is 0.282. The standard InChI is InChI=1S/C20H26N6O6S/c1-11(27)21-18-23-15(16(33-18)10-26(3)12(2)28)9-6-13-4-7-14(8-5-13)22-17(24-19(29)30)25-20(31)32/h4-5,7-8,17,22,24-25H,6,9-10H2,1-3H3,(H,29,30)(H,31,32)(H,21,23,27). The van der Waals surface area contributed by atoms with Crippen LogP contribution in [0.4, 0.5) is 20.4 Å². The smallest absolute Gasteiger partial charge is 0.407 e. The Labute approximate surface area is 194 Å². The van der Waals surface area contributed by atoms with Crippen molar-refractivity contribution in [2.75, 3.05) is 17.7 Å². The second-order valence-electron chi connectivity index (χ2n) is 7.12. The van der Waals surface area contributed by atoms with Gasteiger partial charge < -0.3 is 25.7 Å². The Balaban J connectivity index is 2.07. The molecular weight excluding hydrogens is 452 g/mol. The maximum Gasteiger partial charge on any atom is 0.407 e. The monoisotopic (exact) mass is 478 g/mol. The van der Waals surface area contributed by atoms with Crippen molar-refractivity contribution in [2.45, 2.75) is 39.5 Å². The molecule has 0 bridgehead atoms. The summed E-state index contributed by atoms with van der Waals surface area (Å²) >= 11 is 1.33. The SMILES string of the molecule is CC(=O)Nc1nc(CCc2ccc(NC(NC(=O)O)NC(=O)O)cc2)c(CN(C)C(C)=O)s1. The molecule has 0 radical (unpaired) electrons. The average molecular weight is 479 g/mol. The van der Waals surface area contributed by atoms with Crippen LogP contribution >= 0.6 is 11.3 Å². The number of carbonyl (C=O) groups is 4. The number of hydrogen-bond acceptors (Lipinski definition) is 7. The van der Waals surface area contributed by atoms with Crippen molar-refractivity contribution in [3.63, 3.8) is 0 Å². The first-order valence-corrected chi connectivity index (χ1v) is 10.7. The second kappa shape index (κ2) is 11.7. The molecule has 2 rings (SSSR count). The minimum absolute atomic E-state index is 0.0772. The number of aromatic nitrogens is 1. The number of aryl methyl sites for hydroxylation is 2. The second-order valence-corrected chi connectivity index (χ2v) is 8.20. The van der Waals surface area contributed by atoms with Crippen LogP contribution in [0.3, 0.4) is 0 Å². The predicted molar refractivity (Wildman–Crippen MR) is 122 cm³/mol. The molecule has 1 aromatic carbocycles. The van der Waals surface area contributed by atoms with Crippen LogP contribution in [-0.4, -0.2) is 57.4 Å². The molecule has 0 aliphatic carbocycles. The van der Waals surface area contributed by atoms with Gasteiger partial charge in [-0.3, -0.25) is 20.2 Å². The molecule has 0 aliphatic rings. The number of thiazole rings is 1. The van der Waals surface area contributed by atoms with Gasteiger partial charge in [-0.15, -0.1) is 0 Å². The van der Waals surface area contributed by atoms with E-state index in [1.54, 1.807) is 24.1 Å². The van der Waals surface area contributed by atoms with Gasteiger partial charge in [0, 0.05) is 31.5 Å². The normalized spacial score (nSPS) is 10.4. The van der Waals surface area contributed by atoms with E-state index in [-0.39, 0.29) is 11.8 Å². The van der Waals surface area contributed by atoms with Crippen LogP contribution in [0.1, 0.15) is 30.0 Å². The lowest BCUT2D eigenvalue weighted by molar-refractivity contribution is -0.128. The van der Waals surface area contributed by atoms with Crippen molar-refractivity contribution in [3.05, 3.63) is 40.4 Å². The first-order valence-electron chi connectivity index (χ1n) is 9.85. The molecule has 2 aromatic rings. The third-order valence-corrected chi connectivity index (χ3v) is 5.43. The maximum atomic E-state index is 11.6. The molecule has 4 amide bonds. The Hall–Kier alpha value is -3.87. The molecule has 0 fully saturated rings. The van der Waals surface area contributed by atoms with Gasteiger partial charge in [0.1, 0.15) is 0 Å². The summed E-state index contributed by atoms with van der Waals surface area (Å²) in [5.74, 6) is -0.301. The summed E-state index contributed by atoms with van der Waals surface area (Å²) in [6, 6.07) is 7.04. The highest BCUT2D eigenvalue weighted by molar-refractivity contribution is 7.15. The van der Waals surface area contributed by atoms with Gasteiger partial charge in [0.15, 0.2) is 11.4 Å². The minimum atomic E-state index is -1.38. The summed E-state index contributed by atoms with van der Waals surface area (Å²) in [6.45, 7) is 3.27. The molecule has 12 nitrogen and oxygen atoms in total. The number of benzene rings is 1. The van der Waals surface area contributed by atoms with Crippen LogP contribution in [0.15, 0.2) is 24.3 Å². The Morgan fingerprint density at radius 1 is 1.03 bits per heavy atom. The molecule has 0 aliphatic heterocycles. The lowest BCUT2D eigenvalue weighted by Crippen LogP contribution is -2.52. The van der Waals surface area contributed by atoms with Crippen LogP contribution in [0.2, 0.25) is 0 Å². The van der Waals surface area contributed by atoms with E-state index in [4.69, 9.17) is 10.2 Å². The van der Waals surface area contributed by atoms with Gasteiger partial charge >= 0.3 is 12.2 Å². The Bertz CT molecular complexity index is 993. The number of hydrogen-bond donors (Lipinski definition) is 6. The summed E-state index contributed by atoms with van der Waals surface area (Å²) in [7, 11) is 1.70. The fourth-order valence-electron chi connectivity index (χ4n) is 2.79. The average Bonchev–Trinajstić information content (AvgIpc) is 3.06. The highest BCUT2D eigenvalue weighted by Gasteiger charge is 2.16. The molecule has 178 valence electrons. The van der Waals surface area contributed by atoms with Gasteiger partial charge in [-0.25, -0.2) is 14.6 Å². The van der Waals surface area contributed by atoms with Crippen molar-refractivity contribution in [2.24, 2.45) is 0 Å². The number of nitrogens with one attached hydrogen (secondary N) is 4. The zero-order valence-electron chi connectivity index (χ0n) is 18.3. The topological polar surface area (TPSA) is 173 Å². The molecule has 1 heterocycles. The maximum absolute atomic E-state index is 11.6. The Kier molecular flexibility index (Phi) is 8.98. The van der Waals surface area contributed by atoms with Crippen LogP contribution in [-0.2, 0) is 29.0 Å². The molecule has 0 unspecified atom stereocenters. The van der Waals surface area contributed by atoms with E-state index in [1.807, 2.05) is 22.8 Å². The molecule has 1 aromatic heterocycles. The van der Waals surface area contributed by atoms with Crippen molar-refractivity contribution in [1.82, 2.24) is 20.5 Å². The van der Waals surface area contributed by atoms with E-state index in [1.165, 1.54) is 25.2 Å². The number of amides is 4. The lowest BCUT2D eigenvalue weighted by atomic mass is 10.1. The Morgan fingerprint density at radius 2 is 1.64 bits per heavy atom. The molecular formula is C20H26N6O6S. The van der Waals surface area contributed by atoms with Gasteiger partial charge in [-0.05, 0) is 30.5 Å². The van der Waals surface area contributed by atoms with E-state index < -0.39 is 18.5 Å². The summed E-state index contributed by atoms with van der Waals surface area (Å²) < 4.78 is 0. The molecule has 6 N–H and O–H groups in total. The van der Waals surface area contributed by atoms with Crippen LogP contribution in [0.25, 0.3) is 0 Å². The van der Waals surface area contributed by atoms with E-state index in [0.717, 1.165) is 16.1 Å². The summed E-state index contributed by atoms with van der Waals surface area (Å²) in [4.78, 5) is 51.6. The lowest BCUT2D eigenvalue weighted by Gasteiger charge is -2.19. The summed E-state index contributed by atoms with van der Waals surface area (Å²) in [6.07, 6.45) is -2.77. The third-order valence-electron chi connectivity index (χ3n) is 4.43. The summed E-state index contributed by atoms with van der Waals surface area (Å²) in [5.41, 5.74) is 2.27. The van der Waals surface area contributed by atoms with Crippen molar-refractivity contribution >= 4 is 46.2 Å². The van der Waals surface area contributed by atoms with Crippen LogP contribution in [0.5, 0.6) is 0 Å². The number of nitrogens with zero attached hydrogens (tertiary/aromatic N) is 2. The molecule has 33 heavy (non-hydrogen) atoms. The van der Waals surface area contributed by atoms with E-state index in [0.29, 0.717) is 30.2 Å². The highest BCUT2D eigenvalue weighted by atomic mass is 32.1. The third kappa shape index (κ3) is 8.65. The summed E-state index contributed by atoms with van der Waals surface area (Å²) in [5, 5.41) is 27.6. The highest BCUT2D eigenvalue weighted by Crippen LogP contribution is 2.26. The van der Waals surface area contributed by atoms with Gasteiger partial charge in [0.05, 0.1) is 12.2 Å². The predicted octanol–water partition coefficient (Wildman–Crippen LogP) is 2.10. The zero-order chi connectivity index (χ0) is 24.5. The largest absolute Gasteiger partial charge is 0.465 e. The molecule has 0 saturated heterocycles. The molecule has 13 heteroatoms. The van der Waals surface area contributed by atoms with Crippen LogP contribution < -0.4 is 21.3 Å².